The third-order valence-electron chi connectivity index (χ3n) is 1.36. The zero-order valence-corrected chi connectivity index (χ0v) is 8.15. The molecule has 0 aromatic heterocycles. The smallest absolute Gasteiger partial charge is 0.0202 e. The van der Waals surface area contributed by atoms with Gasteiger partial charge in [-0.15, -0.1) is 0 Å². The highest BCUT2D eigenvalue weighted by Crippen LogP contribution is 2.05. The first kappa shape index (κ1) is 10.8. The van der Waals surface area contributed by atoms with E-state index in [1.807, 2.05) is 13.0 Å². The maximum atomic E-state index is 3.86. The van der Waals surface area contributed by atoms with Gasteiger partial charge in [0.1, 0.15) is 0 Å². The predicted octanol–water partition coefficient (Wildman–Crippen LogP) is 3.33. The third-order valence-corrected chi connectivity index (χ3v) is 1.36. The average Bonchev–Trinajstić information content (AvgIpc) is 2.00. The van der Waals surface area contributed by atoms with Crippen molar-refractivity contribution < 1.29 is 0 Å². The maximum Gasteiger partial charge on any atom is 0.0202 e. The van der Waals surface area contributed by atoms with Gasteiger partial charge in [0, 0.05) is 11.5 Å². The van der Waals surface area contributed by atoms with E-state index in [0.717, 1.165) is 11.1 Å². The number of rotatable bonds is 2. The molecule has 0 aromatic carbocycles. The van der Waals surface area contributed by atoms with Crippen LogP contribution in [0, 0.1) is 17.8 Å². The molecule has 0 saturated heterocycles. The molecule has 0 aliphatic heterocycles. The van der Waals surface area contributed by atoms with Gasteiger partial charge in [0.2, 0.25) is 0 Å². The predicted molar refractivity (Wildman–Crippen MR) is 55.7 cm³/mol. The van der Waals surface area contributed by atoms with Crippen molar-refractivity contribution in [3.05, 3.63) is 36.5 Å². The van der Waals surface area contributed by atoms with Crippen LogP contribution in [0.15, 0.2) is 36.5 Å². The lowest BCUT2D eigenvalue weighted by Crippen LogP contribution is -1.82. The van der Waals surface area contributed by atoms with Crippen LogP contribution in [0.25, 0.3) is 0 Å². The van der Waals surface area contributed by atoms with E-state index in [1.165, 1.54) is 0 Å². The van der Waals surface area contributed by atoms with Crippen molar-refractivity contribution in [3.8, 4) is 11.8 Å². The van der Waals surface area contributed by atoms with Crippen molar-refractivity contribution in [1.82, 2.24) is 0 Å². The van der Waals surface area contributed by atoms with Crippen LogP contribution in [0.1, 0.15) is 20.8 Å². The van der Waals surface area contributed by atoms with Crippen molar-refractivity contribution in [2.75, 3.05) is 0 Å². The summed E-state index contributed by atoms with van der Waals surface area (Å²) in [6.45, 7) is 13.6. The zero-order chi connectivity index (χ0) is 9.56. The lowest BCUT2D eigenvalue weighted by molar-refractivity contribution is 0.866. The first-order valence-corrected chi connectivity index (χ1v) is 4.08. The molecule has 0 aromatic rings. The second-order valence-corrected chi connectivity index (χ2v) is 2.99. The molecule has 0 heterocycles. The molecule has 0 amide bonds. The van der Waals surface area contributed by atoms with E-state index in [2.05, 4.69) is 38.8 Å². The summed E-state index contributed by atoms with van der Waals surface area (Å²) in [5, 5.41) is 0. The van der Waals surface area contributed by atoms with E-state index in [1.54, 1.807) is 6.08 Å². The van der Waals surface area contributed by atoms with E-state index in [-0.39, 0.29) is 0 Å². The fourth-order valence-corrected chi connectivity index (χ4v) is 0.607. The van der Waals surface area contributed by atoms with Gasteiger partial charge in [-0.1, -0.05) is 51.0 Å². The van der Waals surface area contributed by atoms with Crippen molar-refractivity contribution in [2.45, 2.75) is 20.8 Å². The molecular weight excluding hydrogens is 144 g/mol. The van der Waals surface area contributed by atoms with Crippen LogP contribution in [0.2, 0.25) is 0 Å². The maximum absolute atomic E-state index is 3.86. The Balaban J connectivity index is 4.35. The van der Waals surface area contributed by atoms with Crippen molar-refractivity contribution >= 4 is 0 Å². The minimum atomic E-state index is 0.401. The Bertz CT molecular complexity index is 253. The van der Waals surface area contributed by atoms with Crippen LogP contribution >= 0.6 is 0 Å². The fraction of sp³-hybridized carbons (Fsp3) is 0.333. The van der Waals surface area contributed by atoms with E-state index in [0.29, 0.717) is 5.92 Å². The summed E-state index contributed by atoms with van der Waals surface area (Å²) >= 11 is 0. The highest BCUT2D eigenvalue weighted by Gasteiger charge is 1.89. The van der Waals surface area contributed by atoms with Crippen LogP contribution < -0.4 is 0 Å². The second-order valence-electron chi connectivity index (χ2n) is 2.99. The Morgan fingerprint density at radius 1 is 1.42 bits per heavy atom. The molecule has 0 unspecified atom stereocenters. The van der Waals surface area contributed by atoms with E-state index in [9.17, 15) is 0 Å². The van der Waals surface area contributed by atoms with Gasteiger partial charge in [0.25, 0.3) is 0 Å². The van der Waals surface area contributed by atoms with Crippen LogP contribution in [0.5, 0.6) is 0 Å². The summed E-state index contributed by atoms with van der Waals surface area (Å²) in [4.78, 5) is 0. The quantitative estimate of drug-likeness (QED) is 0.429. The van der Waals surface area contributed by atoms with Crippen molar-refractivity contribution in [2.24, 2.45) is 5.92 Å². The van der Waals surface area contributed by atoms with Crippen LogP contribution in [0.3, 0.4) is 0 Å². The molecule has 0 N–H and O–H groups in total. The number of allylic oxidation sites excluding steroid dienone is 4. The first-order valence-electron chi connectivity index (χ1n) is 4.08. The molecule has 0 heteroatoms. The monoisotopic (exact) mass is 160 g/mol. The highest BCUT2D eigenvalue weighted by atomic mass is 13.9. The summed E-state index contributed by atoms with van der Waals surface area (Å²) in [5.74, 6) is 6.47. The molecule has 0 bridgehead atoms. The summed E-state index contributed by atoms with van der Waals surface area (Å²) in [6, 6.07) is 0. The molecule has 0 fully saturated rings. The molecule has 12 heavy (non-hydrogen) atoms. The standard InChI is InChI=1S/C12H16/c1-6-7-11(4)12(5)9-8-10(2)3/h6-7,10H,1,5H2,2-4H3/b11-7-. The van der Waals surface area contributed by atoms with Gasteiger partial charge >= 0.3 is 0 Å². The Labute approximate surface area is 75.7 Å². The Morgan fingerprint density at radius 3 is 2.42 bits per heavy atom. The SMILES string of the molecule is C=C/C=C(/C)C(=C)C#CC(C)C. The summed E-state index contributed by atoms with van der Waals surface area (Å²) in [5.41, 5.74) is 1.96. The lowest BCUT2D eigenvalue weighted by atomic mass is 10.1. The van der Waals surface area contributed by atoms with Crippen LogP contribution in [-0.4, -0.2) is 0 Å². The summed E-state index contributed by atoms with van der Waals surface area (Å²) in [6.07, 6.45) is 3.66. The second kappa shape index (κ2) is 5.43. The largest absolute Gasteiger partial charge is 0.0991 e. The first-order chi connectivity index (χ1) is 5.57. The third kappa shape index (κ3) is 4.57. The Morgan fingerprint density at radius 2 is 2.00 bits per heavy atom. The van der Waals surface area contributed by atoms with Gasteiger partial charge in [-0.2, -0.15) is 0 Å². The highest BCUT2D eigenvalue weighted by molar-refractivity contribution is 5.43. The number of hydrogen-bond donors (Lipinski definition) is 0. The molecule has 0 saturated carbocycles. The average molecular weight is 160 g/mol. The molecule has 0 aliphatic rings. The molecule has 0 rings (SSSR count). The molecule has 0 atom stereocenters. The van der Waals surface area contributed by atoms with Crippen LogP contribution in [0.4, 0.5) is 0 Å². The van der Waals surface area contributed by atoms with E-state index < -0.39 is 0 Å². The van der Waals surface area contributed by atoms with Crippen molar-refractivity contribution in [1.29, 1.82) is 0 Å². The van der Waals surface area contributed by atoms with Gasteiger partial charge in [0.05, 0.1) is 0 Å². The molecular formula is C12H16. The summed E-state index contributed by atoms with van der Waals surface area (Å²) in [7, 11) is 0. The lowest BCUT2D eigenvalue weighted by Gasteiger charge is -1.95. The molecule has 0 nitrogen and oxygen atoms in total. The normalized spacial score (nSPS) is 10.5. The van der Waals surface area contributed by atoms with E-state index in [4.69, 9.17) is 0 Å². The minimum absolute atomic E-state index is 0.401. The van der Waals surface area contributed by atoms with Crippen molar-refractivity contribution in [3.63, 3.8) is 0 Å². The van der Waals surface area contributed by atoms with Gasteiger partial charge in [0.15, 0.2) is 0 Å². The van der Waals surface area contributed by atoms with Gasteiger partial charge in [-0.25, -0.2) is 0 Å². The van der Waals surface area contributed by atoms with Crippen LogP contribution in [-0.2, 0) is 0 Å². The van der Waals surface area contributed by atoms with Gasteiger partial charge < -0.3 is 0 Å². The van der Waals surface area contributed by atoms with E-state index >= 15 is 0 Å². The topological polar surface area (TPSA) is 0 Å². The minimum Gasteiger partial charge on any atom is -0.0991 e. The van der Waals surface area contributed by atoms with Gasteiger partial charge in [-0.05, 0) is 12.5 Å². The zero-order valence-electron chi connectivity index (χ0n) is 8.15. The van der Waals surface area contributed by atoms with Gasteiger partial charge in [-0.3, -0.25) is 0 Å². The molecule has 64 valence electrons. The fourth-order valence-electron chi connectivity index (χ4n) is 0.607. The Hall–Kier alpha value is -1.22. The molecule has 0 aliphatic carbocycles. The Kier molecular flexibility index (Phi) is 4.88. The molecule has 0 radical (unpaired) electrons. The molecule has 0 spiro atoms. The number of hydrogen-bond acceptors (Lipinski definition) is 0. The summed E-state index contributed by atoms with van der Waals surface area (Å²) < 4.78 is 0.